The highest BCUT2D eigenvalue weighted by molar-refractivity contribution is 6.56. The summed E-state index contributed by atoms with van der Waals surface area (Å²) >= 11 is 6.00. The number of nitrogens with zero attached hydrogens (tertiary/aromatic N) is 2. The molecule has 208 valence electrons. The number of aromatic carboxylic acids is 1. The van der Waals surface area contributed by atoms with Gasteiger partial charge >= 0.3 is 12.1 Å². The Morgan fingerprint density at radius 1 is 0.951 bits per heavy atom. The minimum Gasteiger partial charge on any atom is -0.505 e. The van der Waals surface area contributed by atoms with Gasteiger partial charge in [-0.05, 0) is 73.0 Å². The Morgan fingerprint density at radius 2 is 1.68 bits per heavy atom. The minimum atomic E-state index is -4.76. The maximum Gasteiger partial charge on any atom is 0.417 e. The number of halogens is 4. The first-order valence-corrected chi connectivity index (χ1v) is 12.6. The first kappa shape index (κ1) is 27.7. The van der Waals surface area contributed by atoms with Gasteiger partial charge < -0.3 is 10.2 Å². The van der Waals surface area contributed by atoms with Gasteiger partial charge in [0.15, 0.2) is 5.71 Å². The van der Waals surface area contributed by atoms with Crippen molar-refractivity contribution < 1.29 is 33.0 Å². The van der Waals surface area contributed by atoms with Crippen LogP contribution in [0.15, 0.2) is 77.9 Å². The van der Waals surface area contributed by atoms with Crippen molar-refractivity contribution in [3.8, 4) is 16.9 Å². The van der Waals surface area contributed by atoms with E-state index in [4.69, 9.17) is 11.6 Å². The lowest BCUT2D eigenvalue weighted by atomic mass is 10.0. The summed E-state index contributed by atoms with van der Waals surface area (Å²) < 4.78 is 41.2. The van der Waals surface area contributed by atoms with Gasteiger partial charge in [-0.2, -0.15) is 18.3 Å². The maximum atomic E-state index is 13.7. The second kappa shape index (κ2) is 10.3. The van der Waals surface area contributed by atoms with Crippen molar-refractivity contribution in [3.63, 3.8) is 0 Å². The van der Waals surface area contributed by atoms with Crippen LogP contribution in [0.25, 0.3) is 11.1 Å². The van der Waals surface area contributed by atoms with E-state index in [0.717, 1.165) is 28.2 Å². The molecule has 0 spiro atoms. The number of hydrogen-bond acceptors (Lipinski definition) is 5. The number of hydrazone groups is 1. The largest absolute Gasteiger partial charge is 0.505 e. The highest BCUT2D eigenvalue weighted by atomic mass is 35.5. The Hall–Kier alpha value is -4.83. The Labute approximate surface area is 237 Å². The number of para-hydroxylation sites is 1. The summed E-state index contributed by atoms with van der Waals surface area (Å²) in [5.41, 5.74) is 4.30. The third-order valence-corrected chi connectivity index (χ3v) is 7.10. The number of benzene rings is 4. The lowest BCUT2D eigenvalue weighted by Crippen LogP contribution is -2.26. The standard InChI is InChI=1S/C30H21ClF3N3O4/c1-15-9-10-19(11-16(15)2)37-25-14-22(30(32,33)34)23(31)13-21(25)26(28(37)39)36-35-24-8-4-7-20(27(24)38)17-5-3-6-18(12-17)29(40)41/h3-14,35,38H,1-2H3,(H,40,41). The molecule has 0 radical (unpaired) electrons. The van der Waals surface area contributed by atoms with Crippen molar-refractivity contribution in [1.82, 2.24) is 0 Å². The van der Waals surface area contributed by atoms with Crippen LogP contribution in [0.1, 0.15) is 32.6 Å². The number of aryl methyl sites for hydroxylation is 2. The highest BCUT2D eigenvalue weighted by Gasteiger charge is 2.41. The Bertz CT molecular complexity index is 1770. The molecule has 0 unspecified atom stereocenters. The molecule has 0 atom stereocenters. The van der Waals surface area contributed by atoms with Crippen molar-refractivity contribution in [1.29, 1.82) is 0 Å². The van der Waals surface area contributed by atoms with Gasteiger partial charge in [-0.1, -0.05) is 41.9 Å². The average molecular weight is 580 g/mol. The molecule has 11 heteroatoms. The third-order valence-electron chi connectivity index (χ3n) is 6.79. The number of hydrogen-bond donors (Lipinski definition) is 3. The molecular formula is C30H21ClF3N3O4. The molecule has 1 amide bonds. The van der Waals surface area contributed by atoms with Crippen LogP contribution in [0.2, 0.25) is 5.02 Å². The average Bonchev–Trinajstić information content (AvgIpc) is 3.18. The van der Waals surface area contributed by atoms with Crippen LogP contribution in [0.5, 0.6) is 5.75 Å². The lowest BCUT2D eigenvalue weighted by Gasteiger charge is -2.19. The number of carboxylic acid groups (broad SMARTS) is 1. The zero-order valence-electron chi connectivity index (χ0n) is 21.5. The Kier molecular flexibility index (Phi) is 6.96. The summed E-state index contributed by atoms with van der Waals surface area (Å²) in [6.07, 6.45) is -4.76. The number of alkyl halides is 3. The fraction of sp³-hybridized carbons (Fsp3) is 0.100. The molecule has 0 bridgehead atoms. The molecule has 4 aromatic rings. The summed E-state index contributed by atoms with van der Waals surface area (Å²) in [4.78, 5) is 26.2. The predicted octanol–water partition coefficient (Wildman–Crippen LogP) is 7.54. The van der Waals surface area contributed by atoms with Gasteiger partial charge in [-0.25, -0.2) is 4.79 Å². The molecule has 3 N–H and O–H groups in total. The SMILES string of the molecule is Cc1ccc(N2C(=O)C(=NNc3cccc(-c4cccc(C(=O)O)c4)c3O)c3cc(Cl)c(C(F)(F)F)cc32)cc1C. The Balaban J connectivity index is 1.59. The third kappa shape index (κ3) is 5.09. The van der Waals surface area contributed by atoms with Gasteiger partial charge in [0, 0.05) is 16.8 Å². The van der Waals surface area contributed by atoms with Gasteiger partial charge in [0.2, 0.25) is 0 Å². The van der Waals surface area contributed by atoms with E-state index in [-0.39, 0.29) is 34.0 Å². The molecule has 0 fully saturated rings. The number of rotatable bonds is 5. The number of carbonyl (C=O) groups is 2. The zero-order chi connectivity index (χ0) is 29.6. The van der Waals surface area contributed by atoms with Crippen LogP contribution >= 0.6 is 11.6 Å². The fourth-order valence-electron chi connectivity index (χ4n) is 4.52. The first-order chi connectivity index (χ1) is 19.4. The van der Waals surface area contributed by atoms with Crippen LogP contribution < -0.4 is 10.3 Å². The topological polar surface area (TPSA) is 102 Å². The lowest BCUT2D eigenvalue weighted by molar-refractivity contribution is -0.137. The van der Waals surface area contributed by atoms with Crippen molar-refractivity contribution in [2.45, 2.75) is 20.0 Å². The normalized spacial score (nSPS) is 14.0. The molecule has 41 heavy (non-hydrogen) atoms. The monoisotopic (exact) mass is 579 g/mol. The van der Waals surface area contributed by atoms with Gasteiger partial charge in [0.25, 0.3) is 5.91 Å². The van der Waals surface area contributed by atoms with Gasteiger partial charge in [0.1, 0.15) is 5.75 Å². The number of phenols is 1. The number of amides is 1. The number of phenolic OH excluding ortho intramolecular Hbond substituents is 1. The number of anilines is 3. The van der Waals surface area contributed by atoms with E-state index in [1.807, 2.05) is 13.8 Å². The minimum absolute atomic E-state index is 0.0233. The number of fused-ring (bicyclic) bond motifs is 1. The summed E-state index contributed by atoms with van der Waals surface area (Å²) in [5.74, 6) is -2.11. The first-order valence-electron chi connectivity index (χ1n) is 12.2. The fourth-order valence-corrected chi connectivity index (χ4v) is 4.79. The van der Waals surface area contributed by atoms with Crippen molar-refractivity contribution in [2.24, 2.45) is 5.10 Å². The van der Waals surface area contributed by atoms with E-state index in [1.165, 1.54) is 24.3 Å². The predicted molar refractivity (Wildman–Crippen MR) is 150 cm³/mol. The quantitative estimate of drug-likeness (QED) is 0.167. The van der Waals surface area contributed by atoms with Gasteiger partial charge in [-0.3, -0.25) is 15.1 Å². The molecule has 7 nitrogen and oxygen atoms in total. The van der Waals surface area contributed by atoms with E-state index >= 15 is 0 Å². The van der Waals surface area contributed by atoms with E-state index < -0.39 is 28.6 Å². The van der Waals surface area contributed by atoms with Crippen molar-refractivity contribution in [2.75, 3.05) is 10.3 Å². The van der Waals surface area contributed by atoms with Gasteiger partial charge in [0.05, 0.1) is 27.5 Å². The van der Waals surface area contributed by atoms with Crippen molar-refractivity contribution >= 4 is 46.3 Å². The summed E-state index contributed by atoms with van der Waals surface area (Å²) in [6, 6.07) is 17.5. The van der Waals surface area contributed by atoms with E-state index in [0.29, 0.717) is 16.8 Å². The van der Waals surface area contributed by atoms with E-state index in [9.17, 15) is 33.0 Å². The smallest absolute Gasteiger partial charge is 0.417 e. The van der Waals surface area contributed by atoms with E-state index in [1.54, 1.807) is 36.4 Å². The number of aromatic hydroxyl groups is 1. The summed E-state index contributed by atoms with van der Waals surface area (Å²) in [7, 11) is 0. The Morgan fingerprint density at radius 3 is 2.37 bits per heavy atom. The molecule has 1 aliphatic rings. The summed E-state index contributed by atoms with van der Waals surface area (Å²) in [6.45, 7) is 3.69. The van der Waals surface area contributed by atoms with Crippen LogP contribution in [0, 0.1) is 13.8 Å². The van der Waals surface area contributed by atoms with Crippen LogP contribution in [0.3, 0.4) is 0 Å². The molecule has 0 saturated heterocycles. The maximum absolute atomic E-state index is 13.7. The zero-order valence-corrected chi connectivity index (χ0v) is 22.3. The van der Waals surface area contributed by atoms with Crippen molar-refractivity contribution in [3.05, 3.63) is 106 Å². The molecule has 4 aromatic carbocycles. The number of nitrogens with one attached hydrogen (secondary N) is 1. The van der Waals surface area contributed by atoms with E-state index in [2.05, 4.69) is 10.5 Å². The number of carboxylic acids is 1. The molecule has 0 aliphatic carbocycles. The molecule has 5 rings (SSSR count). The molecule has 0 aromatic heterocycles. The van der Waals surface area contributed by atoms with Crippen LogP contribution in [-0.4, -0.2) is 27.8 Å². The molecule has 1 heterocycles. The molecular weight excluding hydrogens is 559 g/mol. The summed E-state index contributed by atoms with van der Waals surface area (Å²) in [5, 5.41) is 23.8. The van der Waals surface area contributed by atoms with Gasteiger partial charge in [-0.15, -0.1) is 0 Å². The van der Waals surface area contributed by atoms with Crippen LogP contribution in [-0.2, 0) is 11.0 Å². The molecule has 0 saturated carbocycles. The molecule has 1 aliphatic heterocycles. The second-order valence-electron chi connectivity index (χ2n) is 9.42. The second-order valence-corrected chi connectivity index (χ2v) is 9.82. The number of carbonyl (C=O) groups excluding carboxylic acids is 1. The van der Waals surface area contributed by atoms with Crippen LogP contribution in [0.4, 0.5) is 30.2 Å². The highest BCUT2D eigenvalue weighted by Crippen LogP contribution is 2.44.